The SMILES string of the molecule is Nc1nonc1-c1nc2ccccc2n1CC(=O)N/N=C/c1ccc(O)cc1. The Morgan fingerprint density at radius 1 is 1.21 bits per heavy atom. The summed E-state index contributed by atoms with van der Waals surface area (Å²) in [4.78, 5) is 16.9. The molecule has 2 aromatic heterocycles. The van der Waals surface area contributed by atoms with E-state index in [0.29, 0.717) is 11.3 Å². The van der Waals surface area contributed by atoms with Crippen LogP contribution in [0.3, 0.4) is 0 Å². The number of nitrogens with zero attached hydrogens (tertiary/aromatic N) is 5. The molecule has 0 unspecified atom stereocenters. The summed E-state index contributed by atoms with van der Waals surface area (Å²) in [6.07, 6.45) is 1.48. The van der Waals surface area contributed by atoms with Crippen LogP contribution in [0, 0.1) is 0 Å². The molecule has 10 heteroatoms. The normalized spacial score (nSPS) is 11.3. The number of nitrogens with two attached hydrogens (primary N) is 1. The zero-order valence-electron chi connectivity index (χ0n) is 14.5. The van der Waals surface area contributed by atoms with Crippen molar-refractivity contribution in [2.75, 3.05) is 5.73 Å². The van der Waals surface area contributed by atoms with Gasteiger partial charge in [-0.3, -0.25) is 4.79 Å². The third-order valence-electron chi connectivity index (χ3n) is 3.98. The number of carbonyl (C=O) groups excluding carboxylic acids is 1. The number of benzene rings is 2. The number of carbonyl (C=O) groups is 1. The van der Waals surface area contributed by atoms with Gasteiger partial charge in [0.15, 0.2) is 17.3 Å². The number of nitrogens with one attached hydrogen (secondary N) is 1. The molecule has 10 nitrogen and oxygen atoms in total. The number of fused-ring (bicyclic) bond motifs is 1. The van der Waals surface area contributed by atoms with Crippen LogP contribution in [0.15, 0.2) is 58.3 Å². The molecule has 0 atom stereocenters. The van der Waals surface area contributed by atoms with Gasteiger partial charge in [-0.2, -0.15) is 5.10 Å². The highest BCUT2D eigenvalue weighted by molar-refractivity contribution is 5.86. The summed E-state index contributed by atoms with van der Waals surface area (Å²) in [5, 5.41) is 20.6. The van der Waals surface area contributed by atoms with Crippen LogP contribution in [-0.2, 0) is 11.3 Å². The molecule has 0 bridgehead atoms. The minimum absolute atomic E-state index is 0.0605. The molecule has 0 spiro atoms. The Labute approximate surface area is 158 Å². The molecule has 0 aliphatic rings. The van der Waals surface area contributed by atoms with E-state index in [9.17, 15) is 9.90 Å². The Kier molecular flexibility index (Phi) is 4.42. The minimum atomic E-state index is -0.366. The molecule has 0 saturated carbocycles. The molecule has 0 fully saturated rings. The second-order valence-corrected chi connectivity index (χ2v) is 5.89. The van der Waals surface area contributed by atoms with Gasteiger partial charge in [-0.15, -0.1) is 0 Å². The van der Waals surface area contributed by atoms with E-state index in [-0.39, 0.29) is 29.7 Å². The number of rotatable bonds is 5. The maximum Gasteiger partial charge on any atom is 0.260 e. The van der Waals surface area contributed by atoms with Crippen LogP contribution in [0.25, 0.3) is 22.6 Å². The lowest BCUT2D eigenvalue weighted by atomic mass is 10.2. The Morgan fingerprint density at radius 2 is 2.00 bits per heavy atom. The Hall–Kier alpha value is -4.21. The van der Waals surface area contributed by atoms with Crippen molar-refractivity contribution in [2.45, 2.75) is 6.54 Å². The van der Waals surface area contributed by atoms with Crippen LogP contribution in [0.1, 0.15) is 5.56 Å². The molecule has 1 amide bonds. The number of hydrogen-bond donors (Lipinski definition) is 3. The third kappa shape index (κ3) is 3.38. The standard InChI is InChI=1S/C18H15N7O3/c19-17-16(23-28-24-17)18-21-13-3-1-2-4-14(13)25(18)10-15(27)22-20-9-11-5-7-12(26)8-6-11/h1-9,26H,10H2,(H2,19,24)(H,22,27)/b20-9+. The molecule has 0 radical (unpaired) electrons. The lowest BCUT2D eigenvalue weighted by molar-refractivity contribution is -0.121. The van der Waals surface area contributed by atoms with E-state index >= 15 is 0 Å². The summed E-state index contributed by atoms with van der Waals surface area (Å²) >= 11 is 0. The number of amides is 1. The van der Waals surface area contributed by atoms with Crippen molar-refractivity contribution in [3.05, 3.63) is 54.1 Å². The van der Waals surface area contributed by atoms with Crippen LogP contribution in [0.5, 0.6) is 5.75 Å². The molecule has 2 heterocycles. The number of para-hydroxylation sites is 2. The number of aromatic hydroxyl groups is 1. The first-order valence-electron chi connectivity index (χ1n) is 8.26. The average molecular weight is 377 g/mol. The van der Waals surface area contributed by atoms with Crippen molar-refractivity contribution in [1.29, 1.82) is 0 Å². The number of phenolic OH excluding ortho intramolecular Hbond substituents is 1. The zero-order valence-corrected chi connectivity index (χ0v) is 14.5. The molecular formula is C18H15N7O3. The fraction of sp³-hybridized carbons (Fsp3) is 0.0556. The van der Waals surface area contributed by atoms with Crippen molar-refractivity contribution in [1.82, 2.24) is 25.3 Å². The summed E-state index contributed by atoms with van der Waals surface area (Å²) in [6, 6.07) is 13.8. The van der Waals surface area contributed by atoms with Gasteiger partial charge in [0.1, 0.15) is 12.3 Å². The van der Waals surface area contributed by atoms with Gasteiger partial charge in [-0.1, -0.05) is 12.1 Å². The first-order chi connectivity index (χ1) is 13.6. The van der Waals surface area contributed by atoms with Crippen molar-refractivity contribution >= 4 is 29.0 Å². The number of phenols is 1. The van der Waals surface area contributed by atoms with Gasteiger partial charge in [0, 0.05) is 0 Å². The second kappa shape index (κ2) is 7.19. The highest BCUT2D eigenvalue weighted by Crippen LogP contribution is 2.26. The molecule has 4 N–H and O–H groups in total. The Bertz CT molecular complexity index is 1160. The number of hydrazone groups is 1. The number of anilines is 1. The monoisotopic (exact) mass is 377 g/mol. The van der Waals surface area contributed by atoms with Gasteiger partial charge < -0.3 is 15.4 Å². The van der Waals surface area contributed by atoms with Crippen molar-refractivity contribution in [2.24, 2.45) is 5.10 Å². The van der Waals surface area contributed by atoms with Crippen LogP contribution < -0.4 is 11.2 Å². The predicted molar refractivity (Wildman–Crippen MR) is 101 cm³/mol. The molecule has 28 heavy (non-hydrogen) atoms. The topological polar surface area (TPSA) is 144 Å². The highest BCUT2D eigenvalue weighted by atomic mass is 16.6. The summed E-state index contributed by atoms with van der Waals surface area (Å²) in [5.74, 6) is 0.247. The van der Waals surface area contributed by atoms with Gasteiger partial charge in [0.2, 0.25) is 0 Å². The van der Waals surface area contributed by atoms with E-state index in [1.807, 2.05) is 24.3 Å². The fourth-order valence-corrected chi connectivity index (χ4v) is 2.69. The predicted octanol–water partition coefficient (Wildman–Crippen LogP) is 1.52. The molecule has 0 aliphatic carbocycles. The molecular weight excluding hydrogens is 362 g/mol. The summed E-state index contributed by atoms with van der Waals surface area (Å²) in [6.45, 7) is -0.0605. The molecule has 4 rings (SSSR count). The lowest BCUT2D eigenvalue weighted by Crippen LogP contribution is -2.23. The quantitative estimate of drug-likeness (QED) is 0.353. The van der Waals surface area contributed by atoms with E-state index in [0.717, 1.165) is 11.1 Å². The smallest absolute Gasteiger partial charge is 0.260 e. The second-order valence-electron chi connectivity index (χ2n) is 5.89. The fourth-order valence-electron chi connectivity index (χ4n) is 2.69. The van der Waals surface area contributed by atoms with Gasteiger partial charge in [-0.25, -0.2) is 15.0 Å². The van der Waals surface area contributed by atoms with Crippen LogP contribution >= 0.6 is 0 Å². The van der Waals surface area contributed by atoms with Crippen molar-refractivity contribution < 1.29 is 14.5 Å². The molecule has 4 aromatic rings. The van der Waals surface area contributed by atoms with Crippen LogP contribution in [-0.4, -0.2) is 37.1 Å². The largest absolute Gasteiger partial charge is 0.508 e. The third-order valence-corrected chi connectivity index (χ3v) is 3.98. The average Bonchev–Trinajstić information content (AvgIpc) is 3.27. The number of aromatic nitrogens is 4. The minimum Gasteiger partial charge on any atom is -0.508 e. The van der Waals surface area contributed by atoms with Gasteiger partial charge in [-0.05, 0) is 52.3 Å². The van der Waals surface area contributed by atoms with E-state index in [1.54, 1.807) is 16.7 Å². The van der Waals surface area contributed by atoms with E-state index < -0.39 is 0 Å². The van der Waals surface area contributed by atoms with Gasteiger partial charge in [0.05, 0.1) is 17.2 Å². The van der Waals surface area contributed by atoms with Crippen LogP contribution in [0.4, 0.5) is 5.82 Å². The van der Waals surface area contributed by atoms with Crippen molar-refractivity contribution in [3.8, 4) is 17.3 Å². The number of hydrogen-bond acceptors (Lipinski definition) is 8. The van der Waals surface area contributed by atoms with Crippen LogP contribution in [0.2, 0.25) is 0 Å². The van der Waals surface area contributed by atoms with E-state index in [1.165, 1.54) is 18.3 Å². The lowest BCUT2D eigenvalue weighted by Gasteiger charge is -2.06. The molecule has 2 aromatic carbocycles. The maximum absolute atomic E-state index is 12.4. The van der Waals surface area contributed by atoms with E-state index in [4.69, 9.17) is 5.73 Å². The van der Waals surface area contributed by atoms with Gasteiger partial charge >= 0.3 is 0 Å². The summed E-state index contributed by atoms with van der Waals surface area (Å²) < 4.78 is 6.32. The van der Waals surface area contributed by atoms with Crippen molar-refractivity contribution in [3.63, 3.8) is 0 Å². The van der Waals surface area contributed by atoms with E-state index in [2.05, 4.69) is 30.5 Å². The Balaban J connectivity index is 1.57. The van der Waals surface area contributed by atoms with Gasteiger partial charge in [0.25, 0.3) is 5.91 Å². The number of nitrogen functional groups attached to an aromatic ring is 1. The first-order valence-corrected chi connectivity index (χ1v) is 8.26. The number of imidazole rings is 1. The maximum atomic E-state index is 12.4. The molecule has 0 saturated heterocycles. The Morgan fingerprint density at radius 3 is 2.75 bits per heavy atom. The molecule has 0 aliphatic heterocycles. The molecule has 140 valence electrons. The highest BCUT2D eigenvalue weighted by Gasteiger charge is 2.20. The summed E-state index contributed by atoms with van der Waals surface area (Å²) in [5.41, 5.74) is 10.7. The first kappa shape index (κ1) is 17.2. The zero-order chi connectivity index (χ0) is 19.5. The summed E-state index contributed by atoms with van der Waals surface area (Å²) in [7, 11) is 0.